The topological polar surface area (TPSA) is 91.2 Å². The molecule has 0 aliphatic rings. The fourth-order valence-electron chi connectivity index (χ4n) is 1.55. The summed E-state index contributed by atoms with van der Waals surface area (Å²) in [5, 5.41) is 15.9. The van der Waals surface area contributed by atoms with Crippen LogP contribution in [0.3, 0.4) is 0 Å². The summed E-state index contributed by atoms with van der Waals surface area (Å²) in [5.41, 5.74) is 6.52. The van der Waals surface area contributed by atoms with Gasteiger partial charge >= 0.3 is 0 Å². The van der Waals surface area contributed by atoms with Gasteiger partial charge in [0, 0.05) is 18.9 Å². The summed E-state index contributed by atoms with van der Waals surface area (Å²) >= 11 is 2.93. The second kappa shape index (κ2) is 4.59. The van der Waals surface area contributed by atoms with Crippen molar-refractivity contribution in [1.29, 1.82) is 0 Å². The van der Waals surface area contributed by atoms with Crippen molar-refractivity contribution in [3.63, 3.8) is 0 Å². The minimum Gasteiger partial charge on any atom is -0.377 e. The van der Waals surface area contributed by atoms with Gasteiger partial charge in [-0.3, -0.25) is 0 Å². The number of hydrogen-bond acceptors (Lipinski definition) is 8. The molecule has 9 heteroatoms. The zero-order chi connectivity index (χ0) is 12.5. The van der Waals surface area contributed by atoms with Gasteiger partial charge in [0.1, 0.15) is 11.6 Å². The smallest absolute Gasteiger partial charge is 0.234 e. The van der Waals surface area contributed by atoms with Gasteiger partial charge in [-0.25, -0.2) is 4.98 Å². The average Bonchev–Trinajstić information content (AvgIpc) is 2.99. The summed E-state index contributed by atoms with van der Waals surface area (Å²) < 4.78 is 6.75. The third-order valence-corrected chi connectivity index (χ3v) is 3.89. The number of nitrogen functional groups attached to an aromatic ring is 1. The first-order valence-corrected chi connectivity index (χ1v) is 6.84. The molecule has 94 valence electrons. The van der Waals surface area contributed by atoms with Crippen molar-refractivity contribution >= 4 is 32.8 Å². The number of rotatable bonds is 4. The quantitative estimate of drug-likeness (QED) is 0.766. The molecule has 3 rings (SSSR count). The number of methoxy groups -OCH3 is 1. The van der Waals surface area contributed by atoms with Gasteiger partial charge < -0.3 is 10.5 Å². The van der Waals surface area contributed by atoms with Crippen LogP contribution < -0.4 is 5.73 Å². The average molecular weight is 282 g/mol. The maximum atomic E-state index is 5.60. The van der Waals surface area contributed by atoms with Gasteiger partial charge in [-0.2, -0.15) is 9.61 Å². The summed E-state index contributed by atoms with van der Waals surface area (Å²) in [6, 6.07) is 0. The molecular formula is C9H10N6OS2. The Bertz CT molecular complexity index is 672. The highest BCUT2D eigenvalue weighted by Crippen LogP contribution is 2.19. The van der Waals surface area contributed by atoms with E-state index in [-0.39, 0.29) is 0 Å². The molecule has 7 nitrogen and oxygen atoms in total. The Kier molecular flexibility index (Phi) is 2.94. The first kappa shape index (κ1) is 11.5. The molecule has 18 heavy (non-hydrogen) atoms. The van der Waals surface area contributed by atoms with Gasteiger partial charge in [-0.1, -0.05) is 11.3 Å². The van der Waals surface area contributed by atoms with Crippen LogP contribution in [-0.4, -0.2) is 31.9 Å². The van der Waals surface area contributed by atoms with E-state index in [2.05, 4.69) is 20.3 Å². The summed E-state index contributed by atoms with van der Waals surface area (Å²) in [6.07, 6.45) is 0.661. The molecule has 0 spiro atoms. The summed E-state index contributed by atoms with van der Waals surface area (Å²) in [7, 11) is 1.62. The van der Waals surface area contributed by atoms with Crippen molar-refractivity contribution in [2.24, 2.45) is 0 Å². The largest absolute Gasteiger partial charge is 0.377 e. The summed E-state index contributed by atoms with van der Waals surface area (Å²) in [4.78, 5) is 4.98. The minimum absolute atomic E-state index is 0.397. The van der Waals surface area contributed by atoms with E-state index in [4.69, 9.17) is 10.5 Å². The molecule has 0 fully saturated rings. The summed E-state index contributed by atoms with van der Waals surface area (Å²) in [5.74, 6) is 0.702. The zero-order valence-corrected chi connectivity index (χ0v) is 11.2. The molecule has 0 unspecified atom stereocenters. The van der Waals surface area contributed by atoms with Crippen LogP contribution in [-0.2, 0) is 17.8 Å². The molecule has 0 saturated carbocycles. The van der Waals surface area contributed by atoms with Gasteiger partial charge in [0.05, 0.1) is 5.69 Å². The van der Waals surface area contributed by atoms with Crippen LogP contribution in [0.4, 0.5) is 5.13 Å². The Hall–Kier alpha value is -1.58. The van der Waals surface area contributed by atoms with Crippen LogP contribution in [0.2, 0.25) is 0 Å². The van der Waals surface area contributed by atoms with Crippen molar-refractivity contribution < 1.29 is 4.74 Å². The minimum atomic E-state index is 0.397. The third kappa shape index (κ3) is 2.07. The molecule has 0 amide bonds. The molecule has 0 aliphatic carbocycles. The van der Waals surface area contributed by atoms with E-state index >= 15 is 0 Å². The van der Waals surface area contributed by atoms with Crippen molar-refractivity contribution in [3.8, 4) is 0 Å². The van der Waals surface area contributed by atoms with Crippen LogP contribution in [0.25, 0.3) is 4.96 Å². The van der Waals surface area contributed by atoms with Crippen LogP contribution in [0, 0.1) is 0 Å². The number of ether oxygens (including phenoxy) is 1. The molecule has 0 radical (unpaired) electrons. The Labute approximate surface area is 110 Å². The van der Waals surface area contributed by atoms with Crippen LogP contribution in [0.15, 0.2) is 5.38 Å². The molecular weight excluding hydrogens is 272 g/mol. The lowest BCUT2D eigenvalue weighted by Gasteiger charge is -1.93. The van der Waals surface area contributed by atoms with Crippen molar-refractivity contribution in [2.75, 3.05) is 12.8 Å². The molecule has 3 aromatic rings. The van der Waals surface area contributed by atoms with Gasteiger partial charge in [0.25, 0.3) is 0 Å². The number of hydrogen-bond donors (Lipinski definition) is 1. The fraction of sp³-hybridized carbons (Fsp3) is 0.333. The molecule has 0 bridgehead atoms. The predicted octanol–water partition coefficient (Wildman–Crippen LogP) is 0.962. The summed E-state index contributed by atoms with van der Waals surface area (Å²) in [6.45, 7) is 0.397. The highest BCUT2D eigenvalue weighted by Gasteiger charge is 2.12. The van der Waals surface area contributed by atoms with E-state index in [9.17, 15) is 0 Å². The lowest BCUT2D eigenvalue weighted by molar-refractivity contribution is 0.176. The fourth-order valence-corrected chi connectivity index (χ4v) is 2.98. The Morgan fingerprint density at radius 3 is 3.06 bits per heavy atom. The highest BCUT2D eigenvalue weighted by atomic mass is 32.1. The number of aromatic nitrogens is 5. The lowest BCUT2D eigenvalue weighted by atomic mass is 10.4. The van der Waals surface area contributed by atoms with Gasteiger partial charge in [-0.05, 0) is 0 Å². The Morgan fingerprint density at radius 2 is 2.33 bits per heavy atom. The van der Waals surface area contributed by atoms with Crippen LogP contribution >= 0.6 is 22.7 Å². The van der Waals surface area contributed by atoms with Crippen molar-refractivity contribution in [3.05, 3.63) is 21.9 Å². The van der Waals surface area contributed by atoms with Gasteiger partial charge in [0.2, 0.25) is 4.96 Å². The maximum Gasteiger partial charge on any atom is 0.234 e. The monoisotopic (exact) mass is 282 g/mol. The molecule has 0 atom stereocenters. The second-order valence-electron chi connectivity index (χ2n) is 3.59. The first-order valence-electron chi connectivity index (χ1n) is 5.15. The zero-order valence-electron chi connectivity index (χ0n) is 9.53. The maximum absolute atomic E-state index is 5.60. The normalized spacial score (nSPS) is 11.4. The molecule has 0 saturated heterocycles. The number of thiazole rings is 1. The molecule has 0 aromatic carbocycles. The standard InChI is InChI=1S/C9H10N6OS2/c1-16-3-6-12-13-9-15(6)14-7(18-9)2-5-4-17-8(10)11-5/h4H,2-3H2,1H3,(H2,10,11). The Balaban J connectivity index is 1.89. The van der Waals surface area contributed by atoms with E-state index in [0.29, 0.717) is 24.0 Å². The highest BCUT2D eigenvalue weighted by molar-refractivity contribution is 7.16. The van der Waals surface area contributed by atoms with E-state index in [0.717, 1.165) is 15.7 Å². The van der Waals surface area contributed by atoms with Crippen LogP contribution in [0.1, 0.15) is 16.5 Å². The Morgan fingerprint density at radius 1 is 1.44 bits per heavy atom. The number of anilines is 1. The molecule has 3 aromatic heterocycles. The second-order valence-corrected chi connectivity index (χ2v) is 5.52. The van der Waals surface area contributed by atoms with Gasteiger partial charge in [0.15, 0.2) is 11.0 Å². The first-order chi connectivity index (χ1) is 8.76. The van der Waals surface area contributed by atoms with E-state index < -0.39 is 0 Å². The molecule has 2 N–H and O–H groups in total. The molecule has 3 heterocycles. The van der Waals surface area contributed by atoms with Gasteiger partial charge in [-0.15, -0.1) is 21.5 Å². The predicted molar refractivity (Wildman–Crippen MR) is 68.7 cm³/mol. The van der Waals surface area contributed by atoms with E-state index in [1.807, 2.05) is 5.38 Å². The SMILES string of the molecule is COCc1nnc2sc(Cc3csc(N)n3)nn12. The van der Waals surface area contributed by atoms with Crippen molar-refractivity contribution in [2.45, 2.75) is 13.0 Å². The van der Waals surface area contributed by atoms with Crippen LogP contribution in [0.5, 0.6) is 0 Å². The molecule has 0 aliphatic heterocycles. The third-order valence-electron chi connectivity index (χ3n) is 2.27. The number of nitrogens with two attached hydrogens (primary N) is 1. The van der Waals surface area contributed by atoms with E-state index in [1.165, 1.54) is 22.7 Å². The van der Waals surface area contributed by atoms with Crippen molar-refractivity contribution in [1.82, 2.24) is 24.8 Å². The number of nitrogens with zero attached hydrogens (tertiary/aromatic N) is 5. The lowest BCUT2D eigenvalue weighted by Crippen LogP contribution is -1.98. The number of fused-ring (bicyclic) bond motifs is 1. The van der Waals surface area contributed by atoms with E-state index in [1.54, 1.807) is 11.6 Å².